The summed E-state index contributed by atoms with van der Waals surface area (Å²) in [7, 11) is 1.15. The maximum absolute atomic E-state index is 13.0. The summed E-state index contributed by atoms with van der Waals surface area (Å²) in [5.74, 6) is -7.04. The van der Waals surface area contributed by atoms with Gasteiger partial charge in [-0.1, -0.05) is 6.07 Å². The van der Waals surface area contributed by atoms with Crippen molar-refractivity contribution in [1.82, 2.24) is 10.2 Å². The van der Waals surface area contributed by atoms with Gasteiger partial charge in [0.15, 0.2) is 0 Å². The second kappa shape index (κ2) is 11.8. The van der Waals surface area contributed by atoms with Crippen molar-refractivity contribution < 1.29 is 59.0 Å². The van der Waals surface area contributed by atoms with Crippen molar-refractivity contribution in [3.05, 3.63) is 82.4 Å². The Bertz CT molecular complexity index is 1560. The molecule has 4 rings (SSSR count). The number of carboxylic acid groups (broad SMARTS) is 1. The molecule has 1 fully saturated rings. The van der Waals surface area contributed by atoms with Gasteiger partial charge in [0.25, 0.3) is 5.91 Å². The molecule has 0 radical (unpaired) electrons. The van der Waals surface area contributed by atoms with E-state index in [1.54, 1.807) is 0 Å². The van der Waals surface area contributed by atoms with E-state index in [1.807, 2.05) is 0 Å². The highest BCUT2D eigenvalue weighted by molar-refractivity contribution is 6.18. The monoisotopic (exact) mass is 580 g/mol. The number of carbonyl (C=O) groups excluding carboxylic acids is 4. The first kappa shape index (κ1) is 29.2. The van der Waals surface area contributed by atoms with E-state index >= 15 is 0 Å². The molecular formula is C28H24N2O12. The Morgan fingerprint density at radius 1 is 0.833 bits per heavy atom. The SMILES string of the molecule is COC(=O)N1C[C@H](NC(=O)c2ccc(O)cc2)[C@@H](OC(=O)c2cc(O)c(C(=O)c3c(O)cccc3C(=O)O)c(O)c2)C1. The van der Waals surface area contributed by atoms with Crippen molar-refractivity contribution in [3.63, 3.8) is 0 Å². The van der Waals surface area contributed by atoms with Crippen molar-refractivity contribution in [2.75, 3.05) is 20.2 Å². The van der Waals surface area contributed by atoms with Crippen LogP contribution in [0.5, 0.6) is 23.0 Å². The van der Waals surface area contributed by atoms with Crippen LogP contribution in [0.1, 0.15) is 47.0 Å². The minimum absolute atomic E-state index is 0.0572. The topological polar surface area (TPSA) is 220 Å². The first-order valence-electron chi connectivity index (χ1n) is 12.2. The number of hydrogen-bond donors (Lipinski definition) is 6. The Hall–Kier alpha value is -5.79. The van der Waals surface area contributed by atoms with Gasteiger partial charge in [0.2, 0.25) is 5.78 Å². The van der Waals surface area contributed by atoms with Crippen LogP contribution in [-0.2, 0) is 9.47 Å². The summed E-state index contributed by atoms with van der Waals surface area (Å²) in [6.45, 7) is -0.274. The number of aromatic hydroxyl groups is 4. The summed E-state index contributed by atoms with van der Waals surface area (Å²) >= 11 is 0. The van der Waals surface area contributed by atoms with Crippen molar-refractivity contribution in [3.8, 4) is 23.0 Å². The predicted octanol–water partition coefficient (Wildman–Crippen LogP) is 1.84. The van der Waals surface area contributed by atoms with Crippen molar-refractivity contribution >= 4 is 29.7 Å². The van der Waals surface area contributed by atoms with Crippen LogP contribution in [0.3, 0.4) is 0 Å². The summed E-state index contributed by atoms with van der Waals surface area (Å²) in [6.07, 6.45) is -1.86. The number of hydrogen-bond acceptors (Lipinski definition) is 11. The van der Waals surface area contributed by atoms with Crippen LogP contribution in [0.4, 0.5) is 4.79 Å². The zero-order valence-corrected chi connectivity index (χ0v) is 21.8. The first-order chi connectivity index (χ1) is 19.9. The highest BCUT2D eigenvalue weighted by Crippen LogP contribution is 2.35. The molecule has 1 aliphatic heterocycles. The Balaban J connectivity index is 1.58. The lowest BCUT2D eigenvalue weighted by atomic mass is 9.95. The van der Waals surface area contributed by atoms with Crippen LogP contribution in [0, 0.1) is 0 Å². The number of ether oxygens (including phenoxy) is 2. The lowest BCUT2D eigenvalue weighted by Crippen LogP contribution is -2.44. The molecule has 0 saturated carbocycles. The molecule has 42 heavy (non-hydrogen) atoms. The van der Waals surface area contributed by atoms with E-state index in [9.17, 15) is 49.5 Å². The molecule has 6 N–H and O–H groups in total. The number of rotatable bonds is 7. The molecule has 3 aromatic rings. The van der Waals surface area contributed by atoms with Crippen LogP contribution in [-0.4, -0.2) is 92.5 Å². The van der Waals surface area contributed by atoms with Gasteiger partial charge in [-0.15, -0.1) is 0 Å². The third-order valence-electron chi connectivity index (χ3n) is 6.46. The van der Waals surface area contributed by atoms with Gasteiger partial charge in [-0.05, 0) is 48.5 Å². The first-order valence-corrected chi connectivity index (χ1v) is 12.2. The number of esters is 1. The summed E-state index contributed by atoms with van der Waals surface area (Å²) in [5.41, 5.74) is -2.28. The molecule has 14 heteroatoms. The van der Waals surface area contributed by atoms with Gasteiger partial charge < -0.3 is 45.2 Å². The molecule has 0 bridgehead atoms. The number of amides is 2. The number of likely N-dealkylation sites (tertiary alicyclic amines) is 1. The van der Waals surface area contributed by atoms with Crippen LogP contribution < -0.4 is 5.32 Å². The Kier molecular flexibility index (Phi) is 8.17. The van der Waals surface area contributed by atoms with Crippen LogP contribution >= 0.6 is 0 Å². The van der Waals surface area contributed by atoms with Gasteiger partial charge in [-0.2, -0.15) is 0 Å². The lowest BCUT2D eigenvalue weighted by molar-refractivity contribution is 0.0264. The quantitative estimate of drug-likeness (QED) is 0.174. The van der Waals surface area contributed by atoms with E-state index in [4.69, 9.17) is 9.47 Å². The summed E-state index contributed by atoms with van der Waals surface area (Å²) in [6, 6.07) is 9.31. The van der Waals surface area contributed by atoms with E-state index in [0.717, 1.165) is 31.4 Å². The summed E-state index contributed by atoms with van der Waals surface area (Å²) < 4.78 is 10.2. The fourth-order valence-corrected chi connectivity index (χ4v) is 4.42. The fourth-order valence-electron chi connectivity index (χ4n) is 4.42. The van der Waals surface area contributed by atoms with Crippen molar-refractivity contribution in [2.45, 2.75) is 12.1 Å². The number of phenolic OH excluding ortho intramolecular Hbond substituents is 4. The van der Waals surface area contributed by atoms with E-state index in [-0.39, 0.29) is 24.4 Å². The molecule has 1 saturated heterocycles. The number of carbonyl (C=O) groups is 5. The minimum Gasteiger partial charge on any atom is -0.508 e. The molecule has 1 aliphatic rings. The van der Waals surface area contributed by atoms with Crippen molar-refractivity contribution in [2.24, 2.45) is 0 Å². The third kappa shape index (κ3) is 5.86. The van der Waals surface area contributed by atoms with Gasteiger partial charge in [0.05, 0.1) is 36.4 Å². The number of carboxylic acids is 1. The molecule has 0 unspecified atom stereocenters. The Morgan fingerprint density at radius 2 is 1.48 bits per heavy atom. The minimum atomic E-state index is -1.54. The molecule has 0 aliphatic carbocycles. The predicted molar refractivity (Wildman–Crippen MR) is 141 cm³/mol. The largest absolute Gasteiger partial charge is 0.508 e. The van der Waals surface area contributed by atoms with Gasteiger partial charge in [-0.25, -0.2) is 14.4 Å². The number of aromatic carboxylic acids is 1. The zero-order valence-electron chi connectivity index (χ0n) is 21.8. The third-order valence-corrected chi connectivity index (χ3v) is 6.46. The van der Waals surface area contributed by atoms with Crippen LogP contribution in [0.2, 0.25) is 0 Å². The Labute approximate surface area is 237 Å². The maximum atomic E-state index is 13.0. The number of nitrogens with one attached hydrogen (secondary N) is 1. The molecule has 218 valence electrons. The summed E-state index contributed by atoms with van der Waals surface area (Å²) in [5, 5.41) is 52.7. The van der Waals surface area contributed by atoms with Gasteiger partial charge >= 0.3 is 18.0 Å². The van der Waals surface area contributed by atoms with E-state index < -0.39 is 81.4 Å². The molecule has 0 aromatic heterocycles. The molecule has 1 heterocycles. The average Bonchev–Trinajstić information content (AvgIpc) is 3.33. The van der Waals surface area contributed by atoms with Gasteiger partial charge in [0.1, 0.15) is 34.7 Å². The molecule has 3 aromatic carbocycles. The number of benzene rings is 3. The van der Waals surface area contributed by atoms with Gasteiger partial charge in [-0.3, -0.25) is 9.59 Å². The molecule has 2 amide bonds. The molecular weight excluding hydrogens is 556 g/mol. The second-order valence-corrected chi connectivity index (χ2v) is 9.17. The van der Waals surface area contributed by atoms with E-state index in [1.165, 1.54) is 35.2 Å². The summed E-state index contributed by atoms with van der Waals surface area (Å²) in [4.78, 5) is 63.6. The van der Waals surface area contributed by atoms with Gasteiger partial charge in [0, 0.05) is 12.1 Å². The highest BCUT2D eigenvalue weighted by atomic mass is 16.6. The number of ketones is 1. The maximum Gasteiger partial charge on any atom is 0.409 e. The van der Waals surface area contributed by atoms with Crippen LogP contribution in [0.25, 0.3) is 0 Å². The molecule has 0 spiro atoms. The normalized spacial score (nSPS) is 16.0. The fraction of sp³-hybridized carbons (Fsp3) is 0.179. The highest BCUT2D eigenvalue weighted by Gasteiger charge is 2.40. The zero-order chi connectivity index (χ0) is 30.7. The van der Waals surface area contributed by atoms with Crippen molar-refractivity contribution in [1.29, 1.82) is 0 Å². The number of methoxy groups -OCH3 is 1. The smallest absolute Gasteiger partial charge is 0.409 e. The molecule has 14 nitrogen and oxygen atoms in total. The second-order valence-electron chi connectivity index (χ2n) is 9.17. The Morgan fingerprint density at radius 3 is 2.07 bits per heavy atom. The van der Waals surface area contributed by atoms with Crippen LogP contribution in [0.15, 0.2) is 54.6 Å². The molecule has 2 atom stereocenters. The average molecular weight is 581 g/mol. The van der Waals surface area contributed by atoms with E-state index in [0.29, 0.717) is 0 Å². The lowest BCUT2D eigenvalue weighted by Gasteiger charge is -2.20. The number of nitrogens with zero attached hydrogens (tertiary/aromatic N) is 1. The number of phenols is 4. The standard InChI is InChI=1S/C28H24N2O12/c1-41-28(40)30-11-17(29-25(36)13-5-7-15(31)8-6-13)21(12-30)42-27(39)14-9-19(33)23(20(34)10-14)24(35)22-16(26(37)38)3-2-4-18(22)32/h2-10,17,21,31-34H,11-12H2,1H3,(H,29,36)(H,37,38)/t17-,21-/m0/s1. The van der Waals surface area contributed by atoms with E-state index in [2.05, 4.69) is 5.32 Å².